The molecule has 0 aromatic heterocycles. The molecule has 14 heavy (non-hydrogen) atoms. The van der Waals surface area contributed by atoms with Gasteiger partial charge in [0.1, 0.15) is 5.60 Å². The van der Waals surface area contributed by atoms with E-state index in [1.807, 2.05) is 0 Å². The Labute approximate surface area is 83.4 Å². The molecule has 0 aromatic carbocycles. The van der Waals surface area contributed by atoms with Crippen molar-refractivity contribution >= 4 is 5.78 Å². The van der Waals surface area contributed by atoms with E-state index in [1.54, 1.807) is 7.11 Å². The van der Waals surface area contributed by atoms with Crippen molar-refractivity contribution in [2.45, 2.75) is 31.0 Å². The Morgan fingerprint density at radius 3 is 2.93 bits per heavy atom. The van der Waals surface area contributed by atoms with Gasteiger partial charge in [-0.25, -0.2) is 0 Å². The van der Waals surface area contributed by atoms with Gasteiger partial charge in [-0.3, -0.25) is 4.79 Å². The summed E-state index contributed by atoms with van der Waals surface area (Å²) in [4.78, 5) is 11.5. The summed E-state index contributed by atoms with van der Waals surface area (Å²) in [5.41, 5.74) is -0.670. The molecule has 2 rings (SSSR count). The van der Waals surface area contributed by atoms with Crippen LogP contribution in [-0.2, 0) is 9.53 Å². The fourth-order valence-electron chi connectivity index (χ4n) is 2.76. The first kappa shape index (κ1) is 9.70. The van der Waals surface area contributed by atoms with E-state index >= 15 is 0 Å². The lowest BCUT2D eigenvalue weighted by molar-refractivity contribution is -0.190. The molecule has 0 bridgehead atoms. The largest absolute Gasteiger partial charge is 0.392 e. The number of ether oxygens (including phenoxy) is 1. The molecule has 0 saturated heterocycles. The topological polar surface area (TPSA) is 46.5 Å². The van der Waals surface area contributed by atoms with Crippen LogP contribution >= 0.6 is 0 Å². The molecule has 0 amide bonds. The van der Waals surface area contributed by atoms with E-state index < -0.39 is 11.7 Å². The Morgan fingerprint density at radius 1 is 1.71 bits per heavy atom. The van der Waals surface area contributed by atoms with E-state index in [0.29, 0.717) is 19.3 Å². The smallest absolute Gasteiger partial charge is 0.165 e. The molecule has 2 aliphatic rings. The number of Topliss-reactive ketones (excluding diaryl/α,β-unsaturated/α-hetero) is 1. The molecule has 0 aromatic rings. The molecule has 4 atom stereocenters. The van der Waals surface area contributed by atoms with Crippen LogP contribution in [0.4, 0.5) is 0 Å². The number of hydrogen-bond acceptors (Lipinski definition) is 3. The maximum absolute atomic E-state index is 11.5. The highest BCUT2D eigenvalue weighted by molar-refractivity contribution is 5.94. The first-order chi connectivity index (χ1) is 6.65. The van der Waals surface area contributed by atoms with Crippen molar-refractivity contribution in [1.29, 1.82) is 0 Å². The lowest BCUT2D eigenvalue weighted by atomic mass is 9.55. The van der Waals surface area contributed by atoms with Crippen molar-refractivity contribution in [1.82, 2.24) is 0 Å². The Kier molecular flexibility index (Phi) is 2.13. The highest BCUT2D eigenvalue weighted by Crippen LogP contribution is 2.50. The van der Waals surface area contributed by atoms with Gasteiger partial charge in [-0.2, -0.15) is 0 Å². The molecule has 0 unspecified atom stereocenters. The summed E-state index contributed by atoms with van der Waals surface area (Å²) in [7, 11) is 1.55. The molecule has 0 aliphatic heterocycles. The second-order valence-corrected chi connectivity index (χ2v) is 4.13. The van der Waals surface area contributed by atoms with Crippen LogP contribution in [0.2, 0.25) is 0 Å². The van der Waals surface area contributed by atoms with Gasteiger partial charge >= 0.3 is 0 Å². The van der Waals surface area contributed by atoms with E-state index in [0.717, 1.165) is 0 Å². The van der Waals surface area contributed by atoms with Gasteiger partial charge in [0.05, 0.1) is 12.0 Å². The van der Waals surface area contributed by atoms with Crippen molar-refractivity contribution < 1.29 is 14.6 Å². The predicted octanol–water partition coefficient (Wildman–Crippen LogP) is 0.365. The third-order valence-corrected chi connectivity index (χ3v) is 3.69. The molecule has 0 heterocycles. The van der Waals surface area contributed by atoms with Crippen molar-refractivity contribution in [2.75, 3.05) is 7.11 Å². The summed E-state index contributed by atoms with van der Waals surface area (Å²) in [6, 6.07) is 0. The highest BCUT2D eigenvalue weighted by atomic mass is 16.5. The van der Waals surface area contributed by atoms with Gasteiger partial charge in [0, 0.05) is 19.4 Å². The Balaban J connectivity index is 2.26. The van der Waals surface area contributed by atoms with Crippen LogP contribution in [0.1, 0.15) is 19.3 Å². The molecular weight excluding hydrogens is 180 g/mol. The third-order valence-electron chi connectivity index (χ3n) is 3.69. The van der Waals surface area contributed by atoms with E-state index in [4.69, 9.17) is 11.2 Å². The lowest BCUT2D eigenvalue weighted by Crippen LogP contribution is -2.64. The molecule has 2 aliphatic carbocycles. The van der Waals surface area contributed by atoms with E-state index in [1.165, 1.54) is 0 Å². The minimum absolute atomic E-state index is 0.0220. The predicted molar refractivity (Wildman–Crippen MR) is 50.4 cm³/mol. The fraction of sp³-hybridized carbons (Fsp3) is 0.727. The number of rotatable bonds is 1. The summed E-state index contributed by atoms with van der Waals surface area (Å²) in [5.74, 6) is 2.52. The van der Waals surface area contributed by atoms with Gasteiger partial charge in [-0.1, -0.05) is 0 Å². The Hall–Kier alpha value is -0.850. The SMILES string of the molecule is C#C[C@@H]1[C@@H](O)CC[C@@]2(OC)C(=O)C[C@@H]12. The summed E-state index contributed by atoms with van der Waals surface area (Å²) in [6.07, 6.45) is 6.51. The zero-order chi connectivity index (χ0) is 10.3. The average molecular weight is 194 g/mol. The number of fused-ring (bicyclic) bond motifs is 1. The molecule has 2 fully saturated rings. The zero-order valence-corrected chi connectivity index (χ0v) is 8.19. The molecule has 0 radical (unpaired) electrons. The molecule has 1 N–H and O–H groups in total. The lowest BCUT2D eigenvalue weighted by Gasteiger charge is -2.53. The summed E-state index contributed by atoms with van der Waals surface area (Å²) < 4.78 is 5.31. The molecule has 3 heteroatoms. The number of carbonyl (C=O) groups is 1. The number of terminal acetylenes is 1. The van der Waals surface area contributed by atoms with E-state index in [2.05, 4.69) is 5.92 Å². The van der Waals surface area contributed by atoms with Crippen LogP contribution in [0.15, 0.2) is 0 Å². The van der Waals surface area contributed by atoms with Gasteiger partial charge in [-0.15, -0.1) is 12.3 Å². The first-order valence-corrected chi connectivity index (χ1v) is 4.88. The van der Waals surface area contributed by atoms with Crippen molar-refractivity contribution in [3.63, 3.8) is 0 Å². The summed E-state index contributed by atoms with van der Waals surface area (Å²) in [6.45, 7) is 0. The molecular formula is C11H14O3. The molecule has 3 nitrogen and oxygen atoms in total. The zero-order valence-electron chi connectivity index (χ0n) is 8.19. The van der Waals surface area contributed by atoms with Crippen LogP contribution in [0.5, 0.6) is 0 Å². The Morgan fingerprint density at radius 2 is 2.43 bits per heavy atom. The second kappa shape index (κ2) is 3.08. The van der Waals surface area contributed by atoms with Crippen molar-refractivity contribution in [3.05, 3.63) is 0 Å². The molecule has 2 saturated carbocycles. The minimum atomic E-state index is -0.670. The van der Waals surface area contributed by atoms with Crippen LogP contribution in [-0.4, -0.2) is 29.7 Å². The monoisotopic (exact) mass is 194 g/mol. The third kappa shape index (κ3) is 0.985. The highest BCUT2D eigenvalue weighted by Gasteiger charge is 2.61. The van der Waals surface area contributed by atoms with Gasteiger partial charge in [0.15, 0.2) is 5.78 Å². The number of hydrogen-bond donors (Lipinski definition) is 1. The number of methoxy groups -OCH3 is 1. The maximum atomic E-state index is 11.5. The first-order valence-electron chi connectivity index (χ1n) is 4.88. The van der Waals surface area contributed by atoms with Gasteiger partial charge < -0.3 is 9.84 Å². The summed E-state index contributed by atoms with van der Waals surface area (Å²) >= 11 is 0. The summed E-state index contributed by atoms with van der Waals surface area (Å²) in [5, 5.41) is 9.68. The Bertz CT molecular complexity index is 304. The van der Waals surface area contributed by atoms with Gasteiger partial charge in [-0.05, 0) is 12.8 Å². The van der Waals surface area contributed by atoms with Crippen LogP contribution in [0.25, 0.3) is 0 Å². The van der Waals surface area contributed by atoms with E-state index in [9.17, 15) is 9.90 Å². The minimum Gasteiger partial charge on any atom is -0.392 e. The second-order valence-electron chi connectivity index (χ2n) is 4.13. The molecule has 76 valence electrons. The van der Waals surface area contributed by atoms with Crippen molar-refractivity contribution in [3.8, 4) is 12.3 Å². The van der Waals surface area contributed by atoms with Crippen LogP contribution in [0, 0.1) is 24.2 Å². The quantitative estimate of drug-likeness (QED) is 0.613. The molecule has 0 spiro atoms. The maximum Gasteiger partial charge on any atom is 0.165 e. The average Bonchev–Trinajstić information content (AvgIpc) is 2.18. The fourth-order valence-corrected chi connectivity index (χ4v) is 2.76. The standard InChI is InChI=1S/C11H14O3/c1-3-7-8-6-10(13)11(8,14-2)5-4-9(7)12/h1,7-9,12H,4-6H2,2H3/t7-,8-,9-,11-/m0/s1. The number of aliphatic hydroxyl groups is 1. The van der Waals surface area contributed by atoms with Gasteiger partial charge in [0.2, 0.25) is 0 Å². The van der Waals surface area contributed by atoms with E-state index in [-0.39, 0.29) is 17.6 Å². The van der Waals surface area contributed by atoms with Crippen LogP contribution in [0.3, 0.4) is 0 Å². The number of aliphatic hydroxyl groups excluding tert-OH is 1. The van der Waals surface area contributed by atoms with Crippen LogP contribution < -0.4 is 0 Å². The number of ketones is 1. The number of carbonyl (C=O) groups excluding carboxylic acids is 1. The normalized spacial score (nSPS) is 46.4. The van der Waals surface area contributed by atoms with Crippen molar-refractivity contribution in [2.24, 2.45) is 11.8 Å². The van der Waals surface area contributed by atoms with Gasteiger partial charge in [0.25, 0.3) is 0 Å².